The van der Waals surface area contributed by atoms with Crippen LogP contribution < -0.4 is 11.1 Å². The van der Waals surface area contributed by atoms with Crippen LogP contribution in [-0.4, -0.2) is 15.0 Å². The SMILES string of the molecule is Cc1cccc(CNc2cc(Cl)nc(N)n2)n1. The number of rotatable bonds is 3. The molecule has 0 aromatic carbocycles. The molecule has 0 aliphatic heterocycles. The van der Waals surface area contributed by atoms with Gasteiger partial charge in [0.05, 0.1) is 12.2 Å². The van der Waals surface area contributed by atoms with Crippen molar-refractivity contribution < 1.29 is 0 Å². The van der Waals surface area contributed by atoms with Crippen LogP contribution >= 0.6 is 11.6 Å². The van der Waals surface area contributed by atoms with Crippen LogP contribution in [0, 0.1) is 6.92 Å². The number of hydrogen-bond acceptors (Lipinski definition) is 5. The maximum absolute atomic E-state index is 5.77. The lowest BCUT2D eigenvalue weighted by Crippen LogP contribution is -2.05. The molecular formula is C11H12ClN5. The second kappa shape index (κ2) is 4.97. The summed E-state index contributed by atoms with van der Waals surface area (Å²) in [5.74, 6) is 0.739. The molecule has 2 heterocycles. The number of pyridine rings is 1. The van der Waals surface area contributed by atoms with E-state index in [9.17, 15) is 0 Å². The lowest BCUT2D eigenvalue weighted by Gasteiger charge is -2.06. The van der Waals surface area contributed by atoms with Crippen molar-refractivity contribution in [2.45, 2.75) is 13.5 Å². The first-order valence-electron chi connectivity index (χ1n) is 5.10. The van der Waals surface area contributed by atoms with Gasteiger partial charge in [-0.3, -0.25) is 4.98 Å². The van der Waals surface area contributed by atoms with Gasteiger partial charge in [0, 0.05) is 11.8 Å². The molecule has 2 rings (SSSR count). The summed E-state index contributed by atoms with van der Waals surface area (Å²) in [6.45, 7) is 2.51. The topological polar surface area (TPSA) is 76.7 Å². The maximum Gasteiger partial charge on any atom is 0.223 e. The van der Waals surface area contributed by atoms with E-state index in [1.54, 1.807) is 6.07 Å². The zero-order valence-corrected chi connectivity index (χ0v) is 10.1. The first-order chi connectivity index (χ1) is 8.13. The van der Waals surface area contributed by atoms with Crippen molar-refractivity contribution in [3.05, 3.63) is 40.8 Å². The summed E-state index contributed by atoms with van der Waals surface area (Å²) < 4.78 is 0. The van der Waals surface area contributed by atoms with E-state index < -0.39 is 0 Å². The van der Waals surface area contributed by atoms with E-state index in [-0.39, 0.29) is 5.95 Å². The number of nitrogens with zero attached hydrogens (tertiary/aromatic N) is 3. The number of halogens is 1. The number of nitrogens with one attached hydrogen (secondary N) is 1. The van der Waals surface area contributed by atoms with Crippen LogP contribution in [0.5, 0.6) is 0 Å². The first-order valence-corrected chi connectivity index (χ1v) is 5.48. The van der Waals surface area contributed by atoms with Crippen molar-refractivity contribution in [2.24, 2.45) is 0 Å². The van der Waals surface area contributed by atoms with Crippen molar-refractivity contribution in [3.63, 3.8) is 0 Å². The van der Waals surface area contributed by atoms with Gasteiger partial charge < -0.3 is 11.1 Å². The van der Waals surface area contributed by atoms with Crippen LogP contribution in [0.1, 0.15) is 11.4 Å². The molecule has 0 fully saturated rings. The molecule has 0 bridgehead atoms. The molecule has 17 heavy (non-hydrogen) atoms. The fraction of sp³-hybridized carbons (Fsp3) is 0.182. The molecule has 0 atom stereocenters. The summed E-state index contributed by atoms with van der Waals surface area (Å²) in [7, 11) is 0. The Hall–Kier alpha value is -1.88. The molecular weight excluding hydrogens is 238 g/mol. The average Bonchev–Trinajstić information content (AvgIpc) is 2.25. The molecule has 0 radical (unpaired) electrons. The number of hydrogen-bond donors (Lipinski definition) is 2. The zero-order valence-electron chi connectivity index (χ0n) is 9.31. The number of nitrogen functional groups attached to an aromatic ring is 1. The number of anilines is 2. The largest absolute Gasteiger partial charge is 0.368 e. The van der Waals surface area contributed by atoms with Gasteiger partial charge in [-0.15, -0.1) is 0 Å². The quantitative estimate of drug-likeness (QED) is 0.814. The summed E-state index contributed by atoms with van der Waals surface area (Å²) in [4.78, 5) is 12.2. The van der Waals surface area contributed by atoms with Gasteiger partial charge in [0.25, 0.3) is 0 Å². The van der Waals surface area contributed by atoms with E-state index in [0.717, 1.165) is 11.4 Å². The Labute approximate surface area is 104 Å². The minimum atomic E-state index is 0.150. The Morgan fingerprint density at radius 2 is 2.12 bits per heavy atom. The highest BCUT2D eigenvalue weighted by atomic mass is 35.5. The van der Waals surface area contributed by atoms with Gasteiger partial charge in [0.2, 0.25) is 5.95 Å². The molecule has 2 aromatic heterocycles. The second-order valence-electron chi connectivity index (χ2n) is 3.56. The summed E-state index contributed by atoms with van der Waals surface area (Å²) >= 11 is 5.77. The fourth-order valence-corrected chi connectivity index (χ4v) is 1.59. The lowest BCUT2D eigenvalue weighted by molar-refractivity contribution is 1.000. The van der Waals surface area contributed by atoms with E-state index in [0.29, 0.717) is 17.5 Å². The van der Waals surface area contributed by atoms with Crippen LogP contribution in [-0.2, 0) is 6.54 Å². The summed E-state index contributed by atoms with van der Waals surface area (Å²) in [6, 6.07) is 7.46. The predicted octanol–water partition coefficient (Wildman–Crippen LogP) is 2.03. The van der Waals surface area contributed by atoms with Crippen molar-refractivity contribution >= 4 is 23.4 Å². The monoisotopic (exact) mass is 249 g/mol. The molecule has 0 saturated carbocycles. The first kappa shape index (κ1) is 11.6. The average molecular weight is 250 g/mol. The highest BCUT2D eigenvalue weighted by molar-refractivity contribution is 6.29. The van der Waals surface area contributed by atoms with Gasteiger partial charge in [-0.1, -0.05) is 17.7 Å². The molecule has 2 aromatic rings. The van der Waals surface area contributed by atoms with Gasteiger partial charge in [-0.25, -0.2) is 4.98 Å². The van der Waals surface area contributed by atoms with E-state index in [2.05, 4.69) is 20.3 Å². The van der Waals surface area contributed by atoms with Crippen LogP contribution in [0.3, 0.4) is 0 Å². The highest BCUT2D eigenvalue weighted by Crippen LogP contribution is 2.13. The molecule has 0 spiro atoms. The Bertz CT molecular complexity index is 509. The normalized spacial score (nSPS) is 10.2. The summed E-state index contributed by atoms with van der Waals surface area (Å²) in [5, 5.41) is 3.41. The van der Waals surface area contributed by atoms with Gasteiger partial charge >= 0.3 is 0 Å². The standard InChI is InChI=1S/C11H12ClN5/c1-7-3-2-4-8(15-7)6-14-10-5-9(12)16-11(13)17-10/h2-5H,6H2,1H3,(H3,13,14,16,17). The molecule has 5 nitrogen and oxygen atoms in total. The molecule has 0 amide bonds. The fourth-order valence-electron chi connectivity index (χ4n) is 1.40. The molecule has 0 saturated heterocycles. The predicted molar refractivity (Wildman–Crippen MR) is 67.8 cm³/mol. The number of aromatic nitrogens is 3. The van der Waals surface area contributed by atoms with Crippen LogP contribution in [0.15, 0.2) is 24.3 Å². The Kier molecular flexibility index (Phi) is 3.39. The van der Waals surface area contributed by atoms with Gasteiger partial charge in [-0.05, 0) is 19.1 Å². The number of nitrogens with two attached hydrogens (primary N) is 1. The third-order valence-corrected chi connectivity index (χ3v) is 2.30. The van der Waals surface area contributed by atoms with Crippen molar-refractivity contribution in [1.29, 1.82) is 0 Å². The third-order valence-electron chi connectivity index (χ3n) is 2.11. The van der Waals surface area contributed by atoms with Crippen molar-refractivity contribution in [3.8, 4) is 0 Å². The Morgan fingerprint density at radius 1 is 1.29 bits per heavy atom. The third kappa shape index (κ3) is 3.29. The smallest absolute Gasteiger partial charge is 0.223 e. The molecule has 3 N–H and O–H groups in total. The minimum Gasteiger partial charge on any atom is -0.368 e. The van der Waals surface area contributed by atoms with E-state index in [1.165, 1.54) is 0 Å². The van der Waals surface area contributed by atoms with Crippen molar-refractivity contribution in [2.75, 3.05) is 11.1 Å². The molecule has 88 valence electrons. The summed E-state index contributed by atoms with van der Waals surface area (Å²) in [6.07, 6.45) is 0. The van der Waals surface area contributed by atoms with E-state index >= 15 is 0 Å². The van der Waals surface area contributed by atoms with E-state index in [4.69, 9.17) is 17.3 Å². The van der Waals surface area contributed by atoms with E-state index in [1.807, 2.05) is 25.1 Å². The van der Waals surface area contributed by atoms with Crippen molar-refractivity contribution in [1.82, 2.24) is 15.0 Å². The molecule has 6 heteroatoms. The Balaban J connectivity index is 2.07. The molecule has 0 aliphatic rings. The lowest BCUT2D eigenvalue weighted by atomic mass is 10.3. The van der Waals surface area contributed by atoms with Crippen LogP contribution in [0.25, 0.3) is 0 Å². The summed E-state index contributed by atoms with van der Waals surface area (Å²) in [5.41, 5.74) is 7.40. The highest BCUT2D eigenvalue weighted by Gasteiger charge is 2.01. The van der Waals surface area contributed by atoms with Crippen LogP contribution in [0.4, 0.5) is 11.8 Å². The zero-order chi connectivity index (χ0) is 12.3. The minimum absolute atomic E-state index is 0.150. The molecule has 0 unspecified atom stereocenters. The van der Waals surface area contributed by atoms with Gasteiger partial charge in [-0.2, -0.15) is 4.98 Å². The van der Waals surface area contributed by atoms with Gasteiger partial charge in [0.1, 0.15) is 11.0 Å². The molecule has 0 aliphatic carbocycles. The second-order valence-corrected chi connectivity index (χ2v) is 3.95. The number of aryl methyl sites for hydroxylation is 1. The van der Waals surface area contributed by atoms with Crippen LogP contribution in [0.2, 0.25) is 5.15 Å². The maximum atomic E-state index is 5.77. The Morgan fingerprint density at radius 3 is 2.82 bits per heavy atom. The van der Waals surface area contributed by atoms with Gasteiger partial charge in [0.15, 0.2) is 0 Å².